The fraction of sp³-hybridized carbons (Fsp3) is 1.00. The van der Waals surface area contributed by atoms with Gasteiger partial charge in [0.2, 0.25) is 0 Å². The van der Waals surface area contributed by atoms with Crippen LogP contribution in [0.15, 0.2) is 0 Å². The van der Waals surface area contributed by atoms with Gasteiger partial charge in [0.1, 0.15) is 0 Å². The zero-order valence-electron chi connectivity index (χ0n) is 16.7. The summed E-state index contributed by atoms with van der Waals surface area (Å²) in [6.45, 7) is 19.9. The summed E-state index contributed by atoms with van der Waals surface area (Å²) in [6, 6.07) is 0. The van der Waals surface area contributed by atoms with Crippen molar-refractivity contribution >= 4 is 9.84 Å². The van der Waals surface area contributed by atoms with Gasteiger partial charge in [-0.05, 0) is 32.6 Å². The van der Waals surface area contributed by atoms with Crippen molar-refractivity contribution in [2.45, 2.75) is 53.5 Å². The zero-order valence-corrected chi connectivity index (χ0v) is 17.5. The minimum Gasteiger partial charge on any atom is -0.314 e. The van der Waals surface area contributed by atoms with E-state index in [0.29, 0.717) is 12.3 Å². The first-order chi connectivity index (χ1) is 10.9. The molecule has 0 unspecified atom stereocenters. The molecular formula is C18H39N3O2S. The Morgan fingerprint density at radius 2 is 1.46 bits per heavy atom. The molecule has 0 atom stereocenters. The van der Waals surface area contributed by atoms with E-state index in [4.69, 9.17) is 0 Å². The fourth-order valence-electron chi connectivity index (χ4n) is 2.80. The summed E-state index contributed by atoms with van der Waals surface area (Å²) in [4.78, 5) is 4.99. The first-order valence-electron chi connectivity index (χ1n) is 9.28. The summed E-state index contributed by atoms with van der Waals surface area (Å²) in [5, 5.41) is 3.29. The molecule has 0 aromatic carbocycles. The highest BCUT2D eigenvalue weighted by Crippen LogP contribution is 2.19. The predicted molar refractivity (Wildman–Crippen MR) is 103 cm³/mol. The van der Waals surface area contributed by atoms with Gasteiger partial charge in [-0.25, -0.2) is 8.42 Å². The van der Waals surface area contributed by atoms with E-state index < -0.39 is 9.84 Å². The lowest BCUT2D eigenvalue weighted by molar-refractivity contribution is 0.0629. The molecule has 1 saturated heterocycles. The molecule has 1 aliphatic heterocycles. The van der Waals surface area contributed by atoms with Crippen LogP contribution in [0.4, 0.5) is 0 Å². The van der Waals surface area contributed by atoms with Crippen LogP contribution in [0.1, 0.15) is 48.0 Å². The summed E-state index contributed by atoms with van der Waals surface area (Å²) in [6.07, 6.45) is 0.730. The van der Waals surface area contributed by atoms with Gasteiger partial charge in [-0.1, -0.05) is 20.8 Å². The van der Waals surface area contributed by atoms with Gasteiger partial charge < -0.3 is 5.32 Å². The summed E-state index contributed by atoms with van der Waals surface area (Å²) in [7, 11) is -2.93. The average Bonchev–Trinajstić information content (AvgIpc) is 2.44. The van der Waals surface area contributed by atoms with Gasteiger partial charge in [-0.15, -0.1) is 0 Å². The number of piperazine rings is 1. The Kier molecular flexibility index (Phi) is 8.17. The normalized spacial score (nSPS) is 18.9. The van der Waals surface area contributed by atoms with Crippen LogP contribution in [0.2, 0.25) is 0 Å². The second kappa shape index (κ2) is 8.97. The largest absolute Gasteiger partial charge is 0.314 e. The van der Waals surface area contributed by atoms with Crippen molar-refractivity contribution in [3.63, 3.8) is 0 Å². The number of hydrogen-bond donors (Lipinski definition) is 1. The van der Waals surface area contributed by atoms with Crippen molar-refractivity contribution in [2.24, 2.45) is 5.41 Å². The molecule has 144 valence electrons. The molecule has 0 saturated carbocycles. The number of nitrogens with one attached hydrogen (secondary N) is 1. The summed E-state index contributed by atoms with van der Waals surface area (Å²) >= 11 is 0. The van der Waals surface area contributed by atoms with E-state index >= 15 is 0 Å². The summed E-state index contributed by atoms with van der Waals surface area (Å²) in [5.41, 5.74) is 0.335. The van der Waals surface area contributed by atoms with Crippen molar-refractivity contribution < 1.29 is 8.42 Å². The molecule has 1 fully saturated rings. The summed E-state index contributed by atoms with van der Waals surface area (Å²) in [5.74, 6) is 0.549. The van der Waals surface area contributed by atoms with E-state index in [9.17, 15) is 8.42 Å². The Hall–Kier alpha value is -0.170. The first kappa shape index (κ1) is 21.9. The molecule has 24 heavy (non-hydrogen) atoms. The maximum Gasteiger partial charge on any atom is 0.151 e. The molecule has 1 heterocycles. The van der Waals surface area contributed by atoms with Crippen LogP contribution < -0.4 is 5.32 Å². The van der Waals surface area contributed by atoms with Crippen LogP contribution in [-0.4, -0.2) is 81.1 Å². The SMILES string of the molecule is CC(C)(C)CCS(=O)(=O)CCNCCN1CCN(C(C)(C)C)CC1. The Balaban J connectivity index is 2.13. The predicted octanol–water partition coefficient (Wildman–Crippen LogP) is 1.84. The zero-order chi connectivity index (χ0) is 18.4. The molecule has 0 bridgehead atoms. The van der Waals surface area contributed by atoms with Crippen LogP contribution >= 0.6 is 0 Å². The molecule has 6 heteroatoms. The standard InChI is InChI=1S/C18H39N3O2S/c1-17(2,3)7-15-24(22,23)16-9-19-8-10-20-11-13-21(14-12-20)18(4,5)6/h19H,7-16H2,1-6H3. The molecule has 0 aliphatic carbocycles. The molecular weight excluding hydrogens is 322 g/mol. The molecule has 0 aromatic heterocycles. The Morgan fingerprint density at radius 3 is 1.96 bits per heavy atom. The monoisotopic (exact) mass is 361 g/mol. The minimum atomic E-state index is -2.93. The molecule has 5 nitrogen and oxygen atoms in total. The third kappa shape index (κ3) is 9.35. The third-order valence-corrected chi connectivity index (χ3v) is 6.33. The molecule has 0 spiro atoms. The second-order valence-corrected chi connectivity index (χ2v) is 11.5. The number of sulfone groups is 1. The van der Waals surface area contributed by atoms with Gasteiger partial charge in [0.25, 0.3) is 0 Å². The lowest BCUT2D eigenvalue weighted by Crippen LogP contribution is -2.54. The number of hydrogen-bond acceptors (Lipinski definition) is 5. The lowest BCUT2D eigenvalue weighted by Gasteiger charge is -2.42. The van der Waals surface area contributed by atoms with Gasteiger partial charge in [-0.2, -0.15) is 0 Å². The van der Waals surface area contributed by atoms with E-state index in [1.54, 1.807) is 0 Å². The van der Waals surface area contributed by atoms with Crippen LogP contribution in [0.5, 0.6) is 0 Å². The topological polar surface area (TPSA) is 52.7 Å². The highest BCUT2D eigenvalue weighted by atomic mass is 32.2. The van der Waals surface area contributed by atoms with Gasteiger partial charge in [0, 0.05) is 51.4 Å². The van der Waals surface area contributed by atoms with Gasteiger partial charge >= 0.3 is 0 Å². The maximum atomic E-state index is 12.0. The highest BCUT2D eigenvalue weighted by Gasteiger charge is 2.25. The van der Waals surface area contributed by atoms with Crippen molar-refractivity contribution in [3.8, 4) is 0 Å². The van der Waals surface area contributed by atoms with Crippen LogP contribution in [0.3, 0.4) is 0 Å². The van der Waals surface area contributed by atoms with Crippen molar-refractivity contribution in [3.05, 3.63) is 0 Å². The average molecular weight is 362 g/mol. The van der Waals surface area contributed by atoms with Crippen molar-refractivity contribution in [1.29, 1.82) is 0 Å². The van der Waals surface area contributed by atoms with Gasteiger partial charge in [0.15, 0.2) is 9.84 Å². The molecule has 0 amide bonds. The smallest absolute Gasteiger partial charge is 0.151 e. The van der Waals surface area contributed by atoms with E-state index in [1.165, 1.54) is 0 Å². The van der Waals surface area contributed by atoms with Crippen LogP contribution in [0, 0.1) is 5.41 Å². The van der Waals surface area contributed by atoms with E-state index in [1.807, 2.05) is 0 Å². The Morgan fingerprint density at radius 1 is 0.875 bits per heavy atom. The van der Waals surface area contributed by atoms with Gasteiger partial charge in [0.05, 0.1) is 11.5 Å². The molecule has 0 aromatic rings. The van der Waals surface area contributed by atoms with Crippen molar-refractivity contribution in [2.75, 3.05) is 57.3 Å². The molecule has 1 rings (SSSR count). The van der Waals surface area contributed by atoms with E-state index in [0.717, 1.165) is 45.7 Å². The Labute approximate surface area is 150 Å². The molecule has 1 aliphatic rings. The molecule has 0 radical (unpaired) electrons. The molecule has 1 N–H and O–H groups in total. The van der Waals surface area contributed by atoms with E-state index in [2.05, 4.69) is 56.7 Å². The lowest BCUT2D eigenvalue weighted by atomic mass is 9.94. The number of nitrogens with zero attached hydrogens (tertiary/aromatic N) is 2. The third-order valence-electron chi connectivity index (χ3n) is 4.68. The van der Waals surface area contributed by atoms with Crippen LogP contribution in [0.25, 0.3) is 0 Å². The second-order valence-electron chi connectivity index (χ2n) is 9.21. The first-order valence-corrected chi connectivity index (χ1v) is 11.1. The van der Waals surface area contributed by atoms with Crippen LogP contribution in [-0.2, 0) is 9.84 Å². The number of rotatable bonds is 8. The van der Waals surface area contributed by atoms with E-state index in [-0.39, 0.29) is 16.7 Å². The minimum absolute atomic E-state index is 0.0791. The fourth-order valence-corrected chi connectivity index (χ4v) is 4.38. The highest BCUT2D eigenvalue weighted by molar-refractivity contribution is 7.91. The van der Waals surface area contributed by atoms with Crippen molar-refractivity contribution in [1.82, 2.24) is 15.1 Å². The quantitative estimate of drug-likeness (QED) is 0.669. The Bertz CT molecular complexity index is 456. The van der Waals surface area contributed by atoms with Gasteiger partial charge in [-0.3, -0.25) is 9.80 Å². The summed E-state index contributed by atoms with van der Waals surface area (Å²) < 4.78 is 24.0. The maximum absolute atomic E-state index is 12.0.